The molecule has 57 heavy (non-hydrogen) atoms. The molecule has 2 nitrogen and oxygen atoms in total. The Morgan fingerprint density at radius 1 is 0.333 bits per heavy atom. The van der Waals surface area contributed by atoms with Crippen LogP contribution in [0.4, 0.5) is 11.4 Å². The van der Waals surface area contributed by atoms with Crippen molar-refractivity contribution >= 4 is 64.7 Å². The maximum atomic E-state index is 3.74. The molecule has 0 radical (unpaired) electrons. The number of anilines is 2. The van der Waals surface area contributed by atoms with Crippen molar-refractivity contribution in [1.82, 2.24) is 4.57 Å². The molecule has 11 aromatic rings. The molecule has 0 unspecified atom stereocenters. The van der Waals surface area contributed by atoms with Crippen molar-refractivity contribution in [1.29, 1.82) is 0 Å². The molecule has 9 aromatic carbocycles. The van der Waals surface area contributed by atoms with Gasteiger partial charge in [-0.3, -0.25) is 0 Å². The minimum Gasteiger partial charge on any atom is -0.355 e. The van der Waals surface area contributed by atoms with E-state index in [0.29, 0.717) is 0 Å². The Kier molecular flexibility index (Phi) is 8.04. The number of fused-ring (bicyclic) bond motifs is 6. The van der Waals surface area contributed by atoms with Crippen LogP contribution in [0.25, 0.3) is 92.2 Å². The van der Waals surface area contributed by atoms with Crippen molar-refractivity contribution in [3.63, 3.8) is 0 Å². The molecule has 268 valence electrons. The molecule has 0 fully saturated rings. The third kappa shape index (κ3) is 5.97. The lowest BCUT2D eigenvalue weighted by atomic mass is 9.96. The maximum absolute atomic E-state index is 3.74. The lowest BCUT2D eigenvalue weighted by Gasteiger charge is -2.16. The summed E-state index contributed by atoms with van der Waals surface area (Å²) in [6.07, 6.45) is 0. The van der Waals surface area contributed by atoms with Gasteiger partial charge in [-0.2, -0.15) is 0 Å². The molecule has 0 aliphatic heterocycles. The van der Waals surface area contributed by atoms with E-state index < -0.39 is 0 Å². The molecule has 2 aromatic heterocycles. The smallest absolute Gasteiger partial charge is 0.0547 e. The van der Waals surface area contributed by atoms with E-state index in [1.165, 1.54) is 80.9 Å². The van der Waals surface area contributed by atoms with Gasteiger partial charge in [-0.1, -0.05) is 146 Å². The van der Waals surface area contributed by atoms with Crippen molar-refractivity contribution in [2.24, 2.45) is 0 Å². The monoisotopic (exact) mass is 744 g/mol. The Hall–Kier alpha value is -7.20. The van der Waals surface area contributed by atoms with Gasteiger partial charge < -0.3 is 9.88 Å². The van der Waals surface area contributed by atoms with Crippen LogP contribution in [0.2, 0.25) is 0 Å². The molecule has 0 aliphatic carbocycles. The number of thiophene rings is 1. The predicted molar refractivity (Wildman–Crippen MR) is 245 cm³/mol. The van der Waals surface area contributed by atoms with Crippen molar-refractivity contribution in [2.45, 2.75) is 0 Å². The molecule has 3 heteroatoms. The second-order valence-corrected chi connectivity index (χ2v) is 15.7. The van der Waals surface area contributed by atoms with Gasteiger partial charge in [-0.25, -0.2) is 0 Å². The van der Waals surface area contributed by atoms with E-state index in [2.05, 4.69) is 222 Å². The first-order valence-corrected chi connectivity index (χ1v) is 20.2. The first-order chi connectivity index (χ1) is 28.2. The standard InChI is InChI=1S/C54H36N2S/c1-3-12-36(13-4-1)37-22-27-43(28-23-37)55-50-30-25-40(33-48(50)38-14-5-2-6-15-38)42-24-29-46-45-18-7-9-20-51(45)56(52(46)35-42)44-17-11-16-39(32-44)41-26-31-54-49(34-41)47-19-8-10-21-53(47)57-54/h1-35,55H. The van der Waals surface area contributed by atoms with Crippen molar-refractivity contribution in [3.05, 3.63) is 212 Å². The first-order valence-electron chi connectivity index (χ1n) is 19.4. The molecule has 0 saturated carbocycles. The summed E-state index contributed by atoms with van der Waals surface area (Å²) < 4.78 is 5.08. The largest absolute Gasteiger partial charge is 0.355 e. The number of aromatic nitrogens is 1. The fourth-order valence-corrected chi connectivity index (χ4v) is 9.47. The zero-order chi connectivity index (χ0) is 37.7. The number of hydrogen-bond acceptors (Lipinski definition) is 2. The second-order valence-electron chi connectivity index (χ2n) is 14.6. The van der Waals surface area contributed by atoms with Crippen molar-refractivity contribution < 1.29 is 0 Å². The van der Waals surface area contributed by atoms with E-state index in [1.54, 1.807) is 0 Å². The van der Waals surface area contributed by atoms with Gasteiger partial charge in [0.1, 0.15) is 0 Å². The molecule has 0 saturated heterocycles. The number of hydrogen-bond donors (Lipinski definition) is 1. The van der Waals surface area contributed by atoms with E-state index in [1.807, 2.05) is 11.3 Å². The predicted octanol–water partition coefficient (Wildman–Crippen LogP) is 15.6. The molecular weight excluding hydrogens is 709 g/mol. The first kappa shape index (κ1) is 33.2. The van der Waals surface area contributed by atoms with E-state index in [-0.39, 0.29) is 0 Å². The van der Waals surface area contributed by atoms with Crippen LogP contribution in [0.5, 0.6) is 0 Å². The van der Waals surface area contributed by atoms with Crippen LogP contribution in [0.15, 0.2) is 212 Å². The molecule has 0 bridgehead atoms. The SMILES string of the molecule is c1ccc(-c2ccc(Nc3ccc(-c4ccc5c6ccccc6n(-c6cccc(-c7ccc8sc9ccccc9c8c7)c6)c5c4)cc3-c3ccccc3)cc2)cc1. The molecule has 11 rings (SSSR count). The van der Waals surface area contributed by atoms with Gasteiger partial charge in [0.2, 0.25) is 0 Å². The highest BCUT2D eigenvalue weighted by Crippen LogP contribution is 2.40. The molecule has 2 heterocycles. The summed E-state index contributed by atoms with van der Waals surface area (Å²) in [4.78, 5) is 0. The highest BCUT2D eigenvalue weighted by Gasteiger charge is 2.16. The van der Waals surface area contributed by atoms with Crippen LogP contribution in [-0.4, -0.2) is 4.57 Å². The van der Waals surface area contributed by atoms with Gasteiger partial charge in [0.25, 0.3) is 0 Å². The van der Waals surface area contributed by atoms with Crippen LogP contribution < -0.4 is 5.32 Å². The maximum Gasteiger partial charge on any atom is 0.0547 e. The van der Waals surface area contributed by atoms with Gasteiger partial charge in [0.15, 0.2) is 0 Å². The fraction of sp³-hybridized carbons (Fsp3) is 0. The van der Waals surface area contributed by atoms with E-state index in [9.17, 15) is 0 Å². The summed E-state index contributed by atoms with van der Waals surface area (Å²) in [5, 5.41) is 8.87. The Morgan fingerprint density at radius 2 is 0.912 bits per heavy atom. The lowest BCUT2D eigenvalue weighted by Crippen LogP contribution is -1.95. The zero-order valence-electron chi connectivity index (χ0n) is 31.1. The van der Waals surface area contributed by atoms with E-state index >= 15 is 0 Å². The normalized spacial score (nSPS) is 11.5. The van der Waals surface area contributed by atoms with Crippen LogP contribution in [0.1, 0.15) is 0 Å². The fourth-order valence-electron chi connectivity index (χ4n) is 8.38. The van der Waals surface area contributed by atoms with E-state index in [0.717, 1.165) is 22.6 Å². The van der Waals surface area contributed by atoms with Crippen molar-refractivity contribution in [3.8, 4) is 50.2 Å². The summed E-state index contributed by atoms with van der Waals surface area (Å²) in [6.45, 7) is 0. The molecule has 0 amide bonds. The van der Waals surface area contributed by atoms with Crippen molar-refractivity contribution in [2.75, 3.05) is 5.32 Å². The Labute approximate surface area is 335 Å². The summed E-state index contributed by atoms with van der Waals surface area (Å²) in [5.41, 5.74) is 15.2. The quantitative estimate of drug-likeness (QED) is 0.172. The topological polar surface area (TPSA) is 17.0 Å². The van der Waals surface area contributed by atoms with E-state index in [4.69, 9.17) is 0 Å². The van der Waals surface area contributed by atoms with Crippen LogP contribution in [0, 0.1) is 0 Å². The van der Waals surface area contributed by atoms with Gasteiger partial charge >= 0.3 is 0 Å². The number of benzene rings is 9. The minimum absolute atomic E-state index is 1.05. The Bertz CT molecular complexity index is 3250. The summed E-state index contributed by atoms with van der Waals surface area (Å²) >= 11 is 1.86. The molecule has 0 atom stereocenters. The third-order valence-electron chi connectivity index (χ3n) is 11.2. The molecule has 1 N–H and O–H groups in total. The second kappa shape index (κ2) is 13.8. The number of para-hydroxylation sites is 1. The molecule has 0 spiro atoms. The highest BCUT2D eigenvalue weighted by atomic mass is 32.1. The minimum atomic E-state index is 1.05. The van der Waals surface area contributed by atoms with Crippen LogP contribution in [0.3, 0.4) is 0 Å². The average molecular weight is 745 g/mol. The Balaban J connectivity index is 1.00. The summed E-state index contributed by atoms with van der Waals surface area (Å²) in [5.74, 6) is 0. The van der Waals surface area contributed by atoms with Gasteiger partial charge in [-0.15, -0.1) is 11.3 Å². The van der Waals surface area contributed by atoms with Gasteiger partial charge in [0, 0.05) is 53.6 Å². The molecular formula is C54H36N2S. The molecule has 0 aliphatic rings. The van der Waals surface area contributed by atoms with Crippen LogP contribution >= 0.6 is 11.3 Å². The summed E-state index contributed by atoms with van der Waals surface area (Å²) in [7, 11) is 0. The Morgan fingerprint density at radius 3 is 1.75 bits per heavy atom. The van der Waals surface area contributed by atoms with Gasteiger partial charge in [0.05, 0.1) is 11.0 Å². The third-order valence-corrected chi connectivity index (χ3v) is 12.3. The lowest BCUT2D eigenvalue weighted by molar-refractivity contribution is 1.18. The summed E-state index contributed by atoms with van der Waals surface area (Å²) in [6, 6.07) is 77.0. The highest BCUT2D eigenvalue weighted by molar-refractivity contribution is 7.25. The van der Waals surface area contributed by atoms with Crippen LogP contribution in [-0.2, 0) is 0 Å². The van der Waals surface area contributed by atoms with Gasteiger partial charge in [-0.05, 0) is 106 Å². The number of nitrogens with one attached hydrogen (secondary N) is 1. The number of nitrogens with zero attached hydrogens (tertiary/aromatic N) is 1. The number of rotatable bonds is 7. The average Bonchev–Trinajstić information content (AvgIpc) is 3.82. The zero-order valence-corrected chi connectivity index (χ0v) is 31.9.